The Morgan fingerprint density at radius 1 is 0.200 bits per heavy atom. The second-order valence-corrected chi connectivity index (χ2v) is 17.5. The van der Waals surface area contributed by atoms with Crippen molar-refractivity contribution < 1.29 is 0 Å². The van der Waals surface area contributed by atoms with Gasteiger partial charge in [-0.3, -0.25) is 0 Å². The maximum atomic E-state index is 3.67. The Hall–Kier alpha value is -1.56. The van der Waals surface area contributed by atoms with Gasteiger partial charge in [0.15, 0.2) is 0 Å². The molecule has 60 heavy (non-hydrogen) atoms. The quantitative estimate of drug-likeness (QED) is 0.0424. The van der Waals surface area contributed by atoms with E-state index >= 15 is 0 Å². The maximum absolute atomic E-state index is 3.67. The SMILES string of the molecule is C=CC/C=C/C/C=C/CCCCCCC.CCC/C=C/C/C=C/CCCCCCC.CCCCCC/C=C/CCCCCCC.CCCCCCCCCCCCCCC. The van der Waals surface area contributed by atoms with Crippen molar-refractivity contribution in [3.63, 3.8) is 0 Å². The first-order valence-corrected chi connectivity index (χ1v) is 27.5. The number of hydrogen-bond donors (Lipinski definition) is 0. The Morgan fingerprint density at radius 2 is 0.400 bits per heavy atom. The first kappa shape index (κ1) is 65.1. The molecule has 0 N–H and O–H groups in total. The molecular weight excluding hydrogens is 721 g/mol. The standard InChI is InChI=1S/C15H32.C15H30.C15H28.C15H26/c4*1-3-5-7-9-11-13-15-14-12-10-8-6-4-2/h3-15H2,1-2H3;13,15H,3-12,14H2,1-2H3;7,9,13,15H,3-6,8,10-12,14H2,1-2H3;3,7,9,13,15H,1,4-6,8,10-12,14H2,2H3/b;15-13+;2*9-7+,15-13+. The lowest BCUT2D eigenvalue weighted by molar-refractivity contribution is 0.542. The van der Waals surface area contributed by atoms with Crippen LogP contribution in [-0.2, 0) is 0 Å². The van der Waals surface area contributed by atoms with Crippen molar-refractivity contribution in [1.82, 2.24) is 0 Å². The zero-order valence-electron chi connectivity index (χ0n) is 43.0. The van der Waals surface area contributed by atoms with Crippen LogP contribution in [0.4, 0.5) is 0 Å². The lowest BCUT2D eigenvalue weighted by atomic mass is 10.1. The van der Waals surface area contributed by atoms with Gasteiger partial charge in [0.25, 0.3) is 0 Å². The topological polar surface area (TPSA) is 0 Å². The Kier molecular flexibility index (Phi) is 78.0. The molecule has 0 radical (unpaired) electrons. The largest absolute Gasteiger partial charge is 0.103 e. The molecule has 0 bridgehead atoms. The molecule has 0 atom stereocenters. The van der Waals surface area contributed by atoms with Gasteiger partial charge in [0.2, 0.25) is 0 Å². The van der Waals surface area contributed by atoms with Crippen LogP contribution in [0.2, 0.25) is 0 Å². The molecule has 0 aromatic carbocycles. The second-order valence-electron chi connectivity index (χ2n) is 17.5. The summed E-state index contributed by atoms with van der Waals surface area (Å²) < 4.78 is 0. The third-order valence-electron chi connectivity index (χ3n) is 11.0. The highest BCUT2D eigenvalue weighted by molar-refractivity contribution is 4.95. The van der Waals surface area contributed by atoms with E-state index in [1.54, 1.807) is 0 Å². The molecule has 0 fully saturated rings. The van der Waals surface area contributed by atoms with Crippen molar-refractivity contribution in [2.24, 2.45) is 0 Å². The van der Waals surface area contributed by atoms with E-state index in [-0.39, 0.29) is 0 Å². The maximum Gasteiger partial charge on any atom is -0.0169 e. The molecule has 0 rings (SSSR count). The predicted molar refractivity (Wildman–Crippen MR) is 285 cm³/mol. The van der Waals surface area contributed by atoms with Gasteiger partial charge in [-0.1, -0.05) is 302 Å². The van der Waals surface area contributed by atoms with Gasteiger partial charge in [-0.25, -0.2) is 0 Å². The summed E-state index contributed by atoms with van der Waals surface area (Å²) in [6.07, 6.45) is 81.0. The summed E-state index contributed by atoms with van der Waals surface area (Å²) in [7, 11) is 0. The molecule has 356 valence electrons. The fourth-order valence-electron chi connectivity index (χ4n) is 6.87. The fourth-order valence-corrected chi connectivity index (χ4v) is 6.87. The van der Waals surface area contributed by atoms with Gasteiger partial charge in [-0.05, 0) is 77.0 Å². The van der Waals surface area contributed by atoms with E-state index in [0.717, 1.165) is 19.3 Å². The van der Waals surface area contributed by atoms with Gasteiger partial charge in [-0.2, -0.15) is 0 Å². The number of unbranched alkanes of at least 4 members (excludes halogenated alkanes) is 32. The molecule has 0 unspecified atom stereocenters. The minimum Gasteiger partial charge on any atom is -0.103 e. The van der Waals surface area contributed by atoms with E-state index in [1.807, 2.05) is 6.08 Å². The molecule has 0 saturated carbocycles. The Morgan fingerprint density at radius 3 is 0.667 bits per heavy atom. The van der Waals surface area contributed by atoms with Gasteiger partial charge < -0.3 is 0 Å². The molecule has 0 heterocycles. The van der Waals surface area contributed by atoms with Crippen LogP contribution in [0, 0.1) is 0 Å². The summed E-state index contributed by atoms with van der Waals surface area (Å²) in [5, 5.41) is 0. The van der Waals surface area contributed by atoms with Crippen molar-refractivity contribution in [2.75, 3.05) is 0 Å². The van der Waals surface area contributed by atoms with Gasteiger partial charge >= 0.3 is 0 Å². The summed E-state index contributed by atoms with van der Waals surface area (Å²) in [6, 6.07) is 0. The van der Waals surface area contributed by atoms with Crippen molar-refractivity contribution in [3.8, 4) is 0 Å². The van der Waals surface area contributed by atoms with Crippen LogP contribution in [0.3, 0.4) is 0 Å². The fraction of sp³-hybridized carbons (Fsp3) is 0.800. The molecule has 0 aliphatic rings. The smallest absolute Gasteiger partial charge is 0.0169 e. The Balaban J connectivity index is -0.000000348. The third-order valence-corrected chi connectivity index (χ3v) is 11.0. The van der Waals surface area contributed by atoms with E-state index in [4.69, 9.17) is 0 Å². The Bertz CT molecular complexity index is 809. The third kappa shape index (κ3) is 80.4. The molecule has 0 heteroatoms. The minimum atomic E-state index is 0.991. The normalized spacial score (nSPS) is 11.4. The highest BCUT2D eigenvalue weighted by atomic mass is 14.0. The molecule has 0 aliphatic heterocycles. The molecule has 0 aromatic heterocycles. The molecule has 0 spiro atoms. The van der Waals surface area contributed by atoms with Crippen LogP contribution < -0.4 is 0 Å². The van der Waals surface area contributed by atoms with Crippen LogP contribution in [0.25, 0.3) is 0 Å². The van der Waals surface area contributed by atoms with Gasteiger partial charge in [0.05, 0.1) is 0 Å². The van der Waals surface area contributed by atoms with E-state index < -0.39 is 0 Å². The van der Waals surface area contributed by atoms with Gasteiger partial charge in [0, 0.05) is 0 Å². The molecule has 0 aromatic rings. The van der Waals surface area contributed by atoms with Crippen molar-refractivity contribution in [3.05, 3.63) is 73.4 Å². The number of rotatable bonds is 43. The summed E-state index contributed by atoms with van der Waals surface area (Å²) in [6.45, 7) is 19.5. The summed E-state index contributed by atoms with van der Waals surface area (Å²) >= 11 is 0. The van der Waals surface area contributed by atoms with Crippen LogP contribution in [0.15, 0.2) is 73.4 Å². The number of hydrogen-bond acceptors (Lipinski definition) is 0. The van der Waals surface area contributed by atoms with E-state index in [0.29, 0.717) is 0 Å². The summed E-state index contributed by atoms with van der Waals surface area (Å²) in [5.74, 6) is 0. The van der Waals surface area contributed by atoms with Crippen LogP contribution in [0.1, 0.15) is 312 Å². The lowest BCUT2D eigenvalue weighted by Crippen LogP contribution is -1.82. The van der Waals surface area contributed by atoms with Crippen LogP contribution in [-0.4, -0.2) is 0 Å². The van der Waals surface area contributed by atoms with Gasteiger partial charge in [0.1, 0.15) is 0 Å². The zero-order chi connectivity index (χ0) is 44.8. The Labute approximate surface area is 383 Å². The molecular formula is C60H116. The van der Waals surface area contributed by atoms with Crippen molar-refractivity contribution in [1.29, 1.82) is 0 Å². The monoisotopic (exact) mass is 837 g/mol. The highest BCUT2D eigenvalue weighted by Crippen LogP contribution is 2.13. The van der Waals surface area contributed by atoms with Gasteiger partial charge in [-0.15, -0.1) is 6.58 Å². The average molecular weight is 838 g/mol. The predicted octanol–water partition coefficient (Wildman–Crippen LogP) is 23.0. The van der Waals surface area contributed by atoms with E-state index in [9.17, 15) is 0 Å². The minimum absolute atomic E-state index is 0.991. The van der Waals surface area contributed by atoms with Crippen LogP contribution in [0.5, 0.6) is 0 Å². The van der Waals surface area contributed by atoms with E-state index in [1.165, 1.54) is 244 Å². The highest BCUT2D eigenvalue weighted by Gasteiger charge is 1.93. The zero-order valence-corrected chi connectivity index (χ0v) is 43.0. The van der Waals surface area contributed by atoms with Crippen molar-refractivity contribution >= 4 is 0 Å². The van der Waals surface area contributed by atoms with Crippen molar-refractivity contribution in [2.45, 2.75) is 312 Å². The molecule has 0 amide bonds. The number of allylic oxidation sites excluding steroid dienone is 11. The summed E-state index contributed by atoms with van der Waals surface area (Å²) in [5.41, 5.74) is 0. The van der Waals surface area contributed by atoms with Crippen LogP contribution >= 0.6 is 0 Å². The molecule has 0 saturated heterocycles. The first-order chi connectivity index (χ1) is 29.7. The van der Waals surface area contributed by atoms with E-state index in [2.05, 4.69) is 116 Å². The average Bonchev–Trinajstić information content (AvgIpc) is 3.26. The molecule has 0 aliphatic carbocycles. The lowest BCUT2D eigenvalue weighted by Gasteiger charge is -2.01. The summed E-state index contributed by atoms with van der Waals surface area (Å²) in [4.78, 5) is 0. The molecule has 0 nitrogen and oxygen atoms in total. The second kappa shape index (κ2) is 71.9. The first-order valence-electron chi connectivity index (χ1n) is 27.5.